The van der Waals surface area contributed by atoms with Crippen molar-refractivity contribution in [2.45, 2.75) is 19.8 Å². The molecule has 2 amide bonds. The van der Waals surface area contributed by atoms with Crippen molar-refractivity contribution in [3.05, 3.63) is 88.4 Å². The number of unbranched alkanes of at least 4 members (excludes halogenated alkanes) is 1. The van der Waals surface area contributed by atoms with Crippen molar-refractivity contribution in [2.75, 3.05) is 23.9 Å². The van der Waals surface area contributed by atoms with Crippen LogP contribution in [0.15, 0.2) is 77.3 Å². The summed E-state index contributed by atoms with van der Waals surface area (Å²) in [5.74, 6) is 0.364. The second kappa shape index (κ2) is 10.8. The van der Waals surface area contributed by atoms with Crippen LogP contribution < -0.4 is 15.0 Å². The lowest BCUT2D eigenvalue weighted by molar-refractivity contribution is 0.0991. The summed E-state index contributed by atoms with van der Waals surface area (Å²) in [5, 5.41) is 2.86. The standard InChI is InChI=1S/C25H25BrN2O3/c1-3-4-16-31-23-15-12-19(17-22(23)26)24(29)27-20-13-10-18(11-14-20)25(30)28(2)21-8-6-5-7-9-21/h5-15,17H,3-4,16H2,1-2H3,(H,27,29). The van der Waals surface area contributed by atoms with Crippen molar-refractivity contribution in [1.29, 1.82) is 0 Å². The van der Waals surface area contributed by atoms with Crippen molar-refractivity contribution in [1.82, 2.24) is 0 Å². The number of nitrogens with one attached hydrogen (secondary N) is 1. The van der Waals surface area contributed by atoms with E-state index in [0.717, 1.165) is 28.8 Å². The average Bonchev–Trinajstić information content (AvgIpc) is 2.80. The number of benzene rings is 3. The molecule has 6 heteroatoms. The third-order valence-corrected chi connectivity index (χ3v) is 5.41. The van der Waals surface area contributed by atoms with Gasteiger partial charge < -0.3 is 15.0 Å². The molecule has 1 N–H and O–H groups in total. The summed E-state index contributed by atoms with van der Waals surface area (Å²) in [6.07, 6.45) is 2.04. The zero-order valence-corrected chi connectivity index (χ0v) is 19.2. The molecule has 5 nitrogen and oxygen atoms in total. The Hall–Kier alpha value is -3.12. The summed E-state index contributed by atoms with van der Waals surface area (Å²) in [7, 11) is 1.74. The van der Waals surface area contributed by atoms with Gasteiger partial charge in [-0.05, 0) is 76.9 Å². The molecule has 160 valence electrons. The van der Waals surface area contributed by atoms with E-state index in [1.165, 1.54) is 0 Å². The molecule has 0 aromatic heterocycles. The summed E-state index contributed by atoms with van der Waals surface area (Å²) >= 11 is 3.46. The van der Waals surface area contributed by atoms with Gasteiger partial charge in [0.1, 0.15) is 5.75 Å². The number of para-hydroxylation sites is 1. The van der Waals surface area contributed by atoms with E-state index in [1.54, 1.807) is 54.4 Å². The van der Waals surface area contributed by atoms with Crippen molar-refractivity contribution < 1.29 is 14.3 Å². The number of carbonyl (C=O) groups excluding carboxylic acids is 2. The maximum Gasteiger partial charge on any atom is 0.258 e. The van der Waals surface area contributed by atoms with Crippen LogP contribution in [-0.4, -0.2) is 25.5 Å². The summed E-state index contributed by atoms with van der Waals surface area (Å²) in [4.78, 5) is 26.9. The first-order chi connectivity index (χ1) is 15.0. The first-order valence-electron chi connectivity index (χ1n) is 10.2. The van der Waals surface area contributed by atoms with Crippen LogP contribution >= 0.6 is 15.9 Å². The van der Waals surface area contributed by atoms with Gasteiger partial charge in [0.25, 0.3) is 11.8 Å². The molecule has 0 atom stereocenters. The lowest BCUT2D eigenvalue weighted by Gasteiger charge is -2.17. The molecule has 0 heterocycles. The quantitative estimate of drug-likeness (QED) is 0.392. The third kappa shape index (κ3) is 5.95. The molecule has 0 aliphatic carbocycles. The number of hydrogen-bond donors (Lipinski definition) is 1. The van der Waals surface area contributed by atoms with Crippen LogP contribution in [0.25, 0.3) is 0 Å². The molecule has 0 saturated carbocycles. The maximum atomic E-state index is 12.7. The van der Waals surface area contributed by atoms with Gasteiger partial charge in [-0.25, -0.2) is 0 Å². The lowest BCUT2D eigenvalue weighted by Crippen LogP contribution is -2.26. The smallest absolute Gasteiger partial charge is 0.258 e. The molecule has 0 aliphatic rings. The van der Waals surface area contributed by atoms with E-state index in [4.69, 9.17) is 4.74 Å². The number of anilines is 2. The highest BCUT2D eigenvalue weighted by atomic mass is 79.9. The van der Waals surface area contributed by atoms with Crippen LogP contribution in [0.2, 0.25) is 0 Å². The number of rotatable bonds is 8. The molecule has 0 saturated heterocycles. The molecule has 31 heavy (non-hydrogen) atoms. The number of amides is 2. The number of halogens is 1. The minimum atomic E-state index is -0.235. The fourth-order valence-electron chi connectivity index (χ4n) is 2.95. The largest absolute Gasteiger partial charge is 0.492 e. The van der Waals surface area contributed by atoms with Crippen LogP contribution in [0.4, 0.5) is 11.4 Å². The van der Waals surface area contributed by atoms with Crippen LogP contribution in [0, 0.1) is 0 Å². The first kappa shape index (κ1) is 22.6. The maximum absolute atomic E-state index is 12.7. The van der Waals surface area contributed by atoms with E-state index in [1.807, 2.05) is 30.3 Å². The number of carbonyl (C=O) groups is 2. The second-order valence-corrected chi connectivity index (χ2v) is 7.93. The predicted octanol–water partition coefficient (Wildman–Crippen LogP) is 6.16. The van der Waals surface area contributed by atoms with E-state index in [-0.39, 0.29) is 11.8 Å². The Kier molecular flexibility index (Phi) is 7.84. The highest BCUT2D eigenvalue weighted by molar-refractivity contribution is 9.10. The molecule has 0 fully saturated rings. The van der Waals surface area contributed by atoms with E-state index in [9.17, 15) is 9.59 Å². The Morgan fingerprint density at radius 3 is 2.29 bits per heavy atom. The molecule has 0 bridgehead atoms. The average molecular weight is 481 g/mol. The first-order valence-corrected chi connectivity index (χ1v) is 11.0. The minimum Gasteiger partial charge on any atom is -0.492 e. The summed E-state index contributed by atoms with van der Waals surface area (Å²) < 4.78 is 6.44. The van der Waals surface area contributed by atoms with Crippen molar-refractivity contribution in [3.8, 4) is 5.75 Å². The molecule has 0 aliphatic heterocycles. The predicted molar refractivity (Wildman–Crippen MR) is 128 cm³/mol. The molecule has 3 rings (SSSR count). The number of nitrogens with zero attached hydrogens (tertiary/aromatic N) is 1. The van der Waals surface area contributed by atoms with Crippen LogP contribution in [0.1, 0.15) is 40.5 Å². The summed E-state index contributed by atoms with van der Waals surface area (Å²) in [5.41, 5.74) is 2.49. The van der Waals surface area contributed by atoms with Crippen LogP contribution in [0.3, 0.4) is 0 Å². The van der Waals surface area contributed by atoms with Gasteiger partial charge in [0.2, 0.25) is 0 Å². The Morgan fingerprint density at radius 1 is 0.968 bits per heavy atom. The highest BCUT2D eigenvalue weighted by Gasteiger charge is 2.14. The third-order valence-electron chi connectivity index (χ3n) is 4.79. The van der Waals surface area contributed by atoms with Gasteiger partial charge in [-0.1, -0.05) is 31.5 Å². The van der Waals surface area contributed by atoms with E-state index in [0.29, 0.717) is 23.4 Å². The zero-order chi connectivity index (χ0) is 22.2. The topological polar surface area (TPSA) is 58.6 Å². The zero-order valence-electron chi connectivity index (χ0n) is 17.6. The van der Waals surface area contributed by atoms with Crippen LogP contribution in [0.5, 0.6) is 5.75 Å². The highest BCUT2D eigenvalue weighted by Crippen LogP contribution is 2.27. The Morgan fingerprint density at radius 2 is 1.65 bits per heavy atom. The van der Waals surface area contributed by atoms with Gasteiger partial charge >= 0.3 is 0 Å². The van der Waals surface area contributed by atoms with Gasteiger partial charge in [-0.2, -0.15) is 0 Å². The van der Waals surface area contributed by atoms with E-state index >= 15 is 0 Å². The van der Waals surface area contributed by atoms with Gasteiger partial charge in [-0.3, -0.25) is 9.59 Å². The second-order valence-electron chi connectivity index (χ2n) is 7.08. The molecular weight excluding hydrogens is 456 g/mol. The Bertz CT molecular complexity index is 1040. The van der Waals surface area contributed by atoms with Gasteiger partial charge in [0.05, 0.1) is 11.1 Å². The fourth-order valence-corrected chi connectivity index (χ4v) is 3.44. The van der Waals surface area contributed by atoms with E-state index < -0.39 is 0 Å². The monoisotopic (exact) mass is 480 g/mol. The van der Waals surface area contributed by atoms with E-state index in [2.05, 4.69) is 28.2 Å². The van der Waals surface area contributed by atoms with Gasteiger partial charge in [0.15, 0.2) is 0 Å². The molecule has 0 unspecified atom stereocenters. The number of hydrogen-bond acceptors (Lipinski definition) is 3. The molecule has 0 radical (unpaired) electrons. The fraction of sp³-hybridized carbons (Fsp3) is 0.200. The molecule has 3 aromatic rings. The molecule has 0 spiro atoms. The minimum absolute atomic E-state index is 0.119. The Labute approximate surface area is 191 Å². The Balaban J connectivity index is 1.63. The van der Waals surface area contributed by atoms with Crippen molar-refractivity contribution >= 4 is 39.1 Å². The number of ether oxygens (including phenoxy) is 1. The lowest BCUT2D eigenvalue weighted by atomic mass is 10.1. The molecule has 3 aromatic carbocycles. The normalized spacial score (nSPS) is 10.4. The van der Waals surface area contributed by atoms with Crippen molar-refractivity contribution in [3.63, 3.8) is 0 Å². The summed E-state index contributed by atoms with van der Waals surface area (Å²) in [6, 6.07) is 21.6. The van der Waals surface area contributed by atoms with Crippen LogP contribution in [-0.2, 0) is 0 Å². The van der Waals surface area contributed by atoms with Gasteiger partial charge in [0, 0.05) is 29.5 Å². The van der Waals surface area contributed by atoms with Gasteiger partial charge in [-0.15, -0.1) is 0 Å². The summed E-state index contributed by atoms with van der Waals surface area (Å²) in [6.45, 7) is 2.75. The SMILES string of the molecule is CCCCOc1ccc(C(=O)Nc2ccc(C(=O)N(C)c3ccccc3)cc2)cc1Br. The van der Waals surface area contributed by atoms with Crippen molar-refractivity contribution in [2.24, 2.45) is 0 Å². The molecular formula is C25H25BrN2O3.